The van der Waals surface area contributed by atoms with Crippen LogP contribution in [0.2, 0.25) is 0 Å². The van der Waals surface area contributed by atoms with E-state index >= 15 is 0 Å². The zero-order chi connectivity index (χ0) is 23.0. The average Bonchev–Trinajstić information content (AvgIpc) is 3.31. The Balaban J connectivity index is 1.25. The van der Waals surface area contributed by atoms with Gasteiger partial charge in [0.05, 0.1) is 29.3 Å². The zero-order valence-electron chi connectivity index (χ0n) is 19.1. The molecule has 2 fully saturated rings. The molecule has 1 aromatic heterocycles. The average molecular weight is 530 g/mol. The lowest BCUT2D eigenvalue weighted by Gasteiger charge is -2.21. The molecule has 2 aliphatic heterocycles. The maximum Gasteiger partial charge on any atom is 0.163 e. The quantitative estimate of drug-likeness (QED) is 0.394. The highest BCUT2D eigenvalue weighted by Gasteiger charge is 2.49. The number of pyridine rings is 1. The van der Waals surface area contributed by atoms with Gasteiger partial charge in [-0.2, -0.15) is 11.8 Å². The van der Waals surface area contributed by atoms with Crippen molar-refractivity contribution >= 4 is 44.4 Å². The Morgan fingerprint density at radius 3 is 2.70 bits per heavy atom. The van der Waals surface area contributed by atoms with Gasteiger partial charge in [0.25, 0.3) is 0 Å². The van der Waals surface area contributed by atoms with Crippen molar-refractivity contribution < 1.29 is 14.2 Å². The van der Waals surface area contributed by atoms with E-state index in [9.17, 15) is 0 Å². The maximum atomic E-state index is 6.17. The van der Waals surface area contributed by atoms with Crippen molar-refractivity contribution in [3.8, 4) is 5.75 Å². The molecule has 0 spiro atoms. The number of ether oxygens (including phenoxy) is 3. The molecule has 7 heteroatoms. The van der Waals surface area contributed by atoms with E-state index in [4.69, 9.17) is 19.2 Å². The van der Waals surface area contributed by atoms with Crippen LogP contribution < -0.4 is 10.1 Å². The van der Waals surface area contributed by atoms with Crippen LogP contribution in [-0.4, -0.2) is 41.1 Å². The molecule has 2 aromatic carbocycles. The van der Waals surface area contributed by atoms with Gasteiger partial charge in [0.2, 0.25) is 0 Å². The Morgan fingerprint density at radius 2 is 1.91 bits per heavy atom. The van der Waals surface area contributed by atoms with E-state index in [1.54, 1.807) is 7.11 Å². The van der Waals surface area contributed by atoms with Crippen LogP contribution in [0.4, 0.5) is 5.82 Å². The lowest BCUT2D eigenvalue weighted by atomic mass is 10.0. The minimum atomic E-state index is -0.454. The van der Waals surface area contributed by atoms with Crippen molar-refractivity contribution in [2.45, 2.75) is 56.5 Å². The Morgan fingerprint density at radius 1 is 1.12 bits per heavy atom. The number of aromatic nitrogens is 1. The first kappa shape index (κ1) is 23.0. The van der Waals surface area contributed by atoms with Crippen LogP contribution in [0.15, 0.2) is 53.0 Å². The summed E-state index contributed by atoms with van der Waals surface area (Å²) in [7, 11) is 1.68. The first-order chi connectivity index (χ1) is 15.9. The summed E-state index contributed by atoms with van der Waals surface area (Å²) in [6, 6.07) is 16.8. The molecule has 0 radical (unpaired) electrons. The number of anilines is 1. The number of benzene rings is 2. The minimum absolute atomic E-state index is 0.202. The van der Waals surface area contributed by atoms with Gasteiger partial charge in [-0.05, 0) is 78.0 Å². The number of rotatable bonds is 7. The Kier molecular flexibility index (Phi) is 6.58. The van der Waals surface area contributed by atoms with Gasteiger partial charge in [-0.15, -0.1) is 0 Å². The Bertz CT molecular complexity index is 1140. The predicted octanol–water partition coefficient (Wildman–Crippen LogP) is 6.19. The second-order valence-corrected chi connectivity index (χ2v) is 11.2. The van der Waals surface area contributed by atoms with E-state index in [1.165, 1.54) is 11.1 Å². The smallest absolute Gasteiger partial charge is 0.163 e. The standard InChI is InChI=1S/C26H29BrN2O3S/c1-26(2)31-22-15-33-23(24(22)32-26)11-7-16-4-8-18-13-20(27)25(29-21(18)12-16)28-14-17-5-9-19(30-3)10-6-17/h4-6,8-10,12-13,22-24H,7,11,14-15H2,1-3H3,(H,28,29)/t22-,23+,24-/m0/s1. The molecule has 5 nitrogen and oxygen atoms in total. The fourth-order valence-corrected chi connectivity index (χ4v) is 6.45. The monoisotopic (exact) mass is 528 g/mol. The molecule has 3 atom stereocenters. The van der Waals surface area contributed by atoms with Crippen LogP contribution in [-0.2, 0) is 22.4 Å². The molecule has 2 saturated heterocycles. The van der Waals surface area contributed by atoms with Gasteiger partial charge in [0.1, 0.15) is 11.6 Å². The van der Waals surface area contributed by atoms with Gasteiger partial charge >= 0.3 is 0 Å². The van der Waals surface area contributed by atoms with Crippen molar-refractivity contribution in [3.63, 3.8) is 0 Å². The molecule has 1 N–H and O–H groups in total. The summed E-state index contributed by atoms with van der Waals surface area (Å²) in [5.74, 6) is 2.28. The molecule has 33 heavy (non-hydrogen) atoms. The third kappa shape index (κ3) is 5.16. The third-order valence-corrected chi connectivity index (χ3v) is 8.29. The first-order valence-corrected chi connectivity index (χ1v) is 13.2. The van der Waals surface area contributed by atoms with Crippen LogP contribution in [0.1, 0.15) is 31.4 Å². The molecule has 2 aliphatic rings. The summed E-state index contributed by atoms with van der Waals surface area (Å²) >= 11 is 5.65. The van der Waals surface area contributed by atoms with Gasteiger partial charge in [0.15, 0.2) is 5.79 Å². The number of halogens is 1. The highest BCUT2D eigenvalue weighted by molar-refractivity contribution is 9.10. The van der Waals surface area contributed by atoms with Gasteiger partial charge in [-0.25, -0.2) is 4.98 Å². The molecule has 0 saturated carbocycles. The number of thioether (sulfide) groups is 1. The highest BCUT2D eigenvalue weighted by Crippen LogP contribution is 2.42. The van der Waals surface area contributed by atoms with Crippen molar-refractivity contribution in [2.24, 2.45) is 0 Å². The number of fused-ring (bicyclic) bond motifs is 2. The second-order valence-electron chi connectivity index (χ2n) is 9.10. The van der Waals surface area contributed by atoms with Crippen LogP contribution in [0.3, 0.4) is 0 Å². The zero-order valence-corrected chi connectivity index (χ0v) is 21.5. The molecule has 3 aromatic rings. The summed E-state index contributed by atoms with van der Waals surface area (Å²) < 4.78 is 18.4. The number of hydrogen-bond acceptors (Lipinski definition) is 6. The summed E-state index contributed by atoms with van der Waals surface area (Å²) in [6.07, 6.45) is 2.52. The molecule has 0 unspecified atom stereocenters. The fourth-order valence-electron chi connectivity index (χ4n) is 4.57. The van der Waals surface area contributed by atoms with Gasteiger partial charge in [0, 0.05) is 22.9 Å². The van der Waals surface area contributed by atoms with E-state index < -0.39 is 5.79 Å². The Labute approximate surface area is 207 Å². The summed E-state index contributed by atoms with van der Waals surface area (Å²) in [6.45, 7) is 4.72. The number of nitrogens with zero attached hydrogens (tertiary/aromatic N) is 1. The van der Waals surface area contributed by atoms with Gasteiger partial charge < -0.3 is 19.5 Å². The molecule has 174 valence electrons. The topological polar surface area (TPSA) is 52.6 Å². The largest absolute Gasteiger partial charge is 0.497 e. The van der Waals surface area contributed by atoms with Crippen molar-refractivity contribution in [1.29, 1.82) is 0 Å². The number of methoxy groups -OCH3 is 1. The van der Waals surface area contributed by atoms with Crippen molar-refractivity contribution in [1.82, 2.24) is 4.98 Å². The van der Waals surface area contributed by atoms with Crippen LogP contribution in [0.5, 0.6) is 5.75 Å². The third-order valence-electron chi connectivity index (χ3n) is 6.23. The van der Waals surface area contributed by atoms with E-state index in [1.807, 2.05) is 37.7 Å². The first-order valence-electron chi connectivity index (χ1n) is 11.3. The molecular weight excluding hydrogens is 500 g/mol. The number of hydrogen-bond donors (Lipinski definition) is 1. The Hall–Kier alpha value is -1.80. The van der Waals surface area contributed by atoms with Gasteiger partial charge in [-0.1, -0.05) is 24.3 Å². The maximum absolute atomic E-state index is 6.17. The predicted molar refractivity (Wildman–Crippen MR) is 138 cm³/mol. The van der Waals surface area contributed by atoms with E-state index in [0.29, 0.717) is 11.8 Å². The fraction of sp³-hybridized carbons (Fsp3) is 0.423. The lowest BCUT2D eigenvalue weighted by Crippen LogP contribution is -2.28. The normalized spacial score (nSPS) is 23.6. The van der Waals surface area contributed by atoms with Crippen molar-refractivity contribution in [3.05, 3.63) is 64.1 Å². The van der Waals surface area contributed by atoms with Crippen LogP contribution >= 0.6 is 27.7 Å². The lowest BCUT2D eigenvalue weighted by molar-refractivity contribution is -0.145. The molecule has 5 rings (SSSR count). The molecular formula is C26H29BrN2O3S. The summed E-state index contributed by atoms with van der Waals surface area (Å²) in [4.78, 5) is 4.90. The number of aryl methyl sites for hydroxylation is 1. The molecule has 0 aliphatic carbocycles. The highest BCUT2D eigenvalue weighted by atomic mass is 79.9. The van der Waals surface area contributed by atoms with E-state index in [2.05, 4.69) is 57.6 Å². The number of nitrogens with one attached hydrogen (secondary N) is 1. The van der Waals surface area contributed by atoms with E-state index in [0.717, 1.165) is 45.5 Å². The van der Waals surface area contributed by atoms with Gasteiger partial charge in [-0.3, -0.25) is 0 Å². The summed E-state index contributed by atoms with van der Waals surface area (Å²) in [5.41, 5.74) is 3.49. The molecule has 0 bridgehead atoms. The van der Waals surface area contributed by atoms with Crippen molar-refractivity contribution in [2.75, 3.05) is 18.2 Å². The second kappa shape index (κ2) is 9.45. The minimum Gasteiger partial charge on any atom is -0.497 e. The summed E-state index contributed by atoms with van der Waals surface area (Å²) in [5, 5.41) is 5.06. The molecule has 0 amide bonds. The van der Waals surface area contributed by atoms with Crippen LogP contribution in [0.25, 0.3) is 10.9 Å². The SMILES string of the molecule is COc1ccc(CNc2nc3cc(CC[C@H]4SC[C@@H]5OC(C)(C)O[C@@H]54)ccc3cc2Br)cc1. The van der Waals surface area contributed by atoms with Crippen LogP contribution in [0, 0.1) is 0 Å². The van der Waals surface area contributed by atoms with E-state index in [-0.39, 0.29) is 12.2 Å². The molecule has 3 heterocycles.